The van der Waals surface area contributed by atoms with Gasteiger partial charge in [0.1, 0.15) is 35.7 Å². The van der Waals surface area contributed by atoms with Crippen LogP contribution in [0.25, 0.3) is 0 Å². The minimum Gasteiger partial charge on any atom is -0.488 e. The van der Waals surface area contributed by atoms with E-state index in [1.165, 1.54) is 29.6 Å². The molecule has 16 heteroatoms. The fourth-order valence-corrected chi connectivity index (χ4v) is 7.13. The second-order valence-electron chi connectivity index (χ2n) is 15.8. The Morgan fingerprint density at radius 2 is 1.67 bits per heavy atom. The Hall–Kier alpha value is -5.02. The molecule has 1 aromatic heterocycles. The van der Waals surface area contributed by atoms with Crippen molar-refractivity contribution in [2.75, 3.05) is 6.54 Å². The number of ether oxygens (including phenoxy) is 1. The monoisotopic (exact) mass is 767 g/mol. The highest BCUT2D eigenvalue weighted by atomic mass is 19.2. The molecular formula is C39H51F2N7O7. The molecule has 5 rings (SSSR count). The number of hydrogen-bond donors (Lipinski definition) is 4. The summed E-state index contributed by atoms with van der Waals surface area (Å²) < 4.78 is 33.8. The van der Waals surface area contributed by atoms with Crippen LogP contribution in [0, 0.1) is 23.0 Å². The Balaban J connectivity index is 1.40. The van der Waals surface area contributed by atoms with Crippen LogP contribution < -0.4 is 26.0 Å². The predicted octanol–water partition coefficient (Wildman–Crippen LogP) is 3.15. The lowest BCUT2D eigenvalue weighted by atomic mass is 9.82. The Morgan fingerprint density at radius 1 is 0.945 bits per heavy atom. The Kier molecular flexibility index (Phi) is 13.5. The largest absolute Gasteiger partial charge is 0.488 e. The molecule has 5 atom stereocenters. The number of carbonyl (C=O) groups excluding carboxylic acids is 6. The first kappa shape index (κ1) is 41.1. The van der Waals surface area contributed by atoms with Crippen LogP contribution in [-0.2, 0) is 24.0 Å². The molecule has 5 amide bonds. The lowest BCUT2D eigenvalue weighted by Crippen LogP contribution is -2.62. The van der Waals surface area contributed by atoms with Crippen molar-refractivity contribution >= 4 is 35.3 Å². The van der Waals surface area contributed by atoms with Crippen LogP contribution in [-0.4, -0.2) is 93.0 Å². The van der Waals surface area contributed by atoms with Gasteiger partial charge in [0.25, 0.3) is 11.8 Å². The molecule has 1 aromatic carbocycles. The van der Waals surface area contributed by atoms with E-state index in [-0.39, 0.29) is 42.8 Å². The molecule has 0 spiro atoms. The zero-order chi connectivity index (χ0) is 39.9. The van der Waals surface area contributed by atoms with Gasteiger partial charge in [-0.1, -0.05) is 53.4 Å². The number of amides is 5. The summed E-state index contributed by atoms with van der Waals surface area (Å²) in [4.78, 5) is 91.3. The van der Waals surface area contributed by atoms with Gasteiger partial charge in [-0.25, -0.2) is 13.8 Å². The summed E-state index contributed by atoms with van der Waals surface area (Å²) in [5, 5.41) is 11.1. The molecule has 0 unspecified atom stereocenters. The van der Waals surface area contributed by atoms with Crippen molar-refractivity contribution in [2.45, 2.75) is 128 Å². The SMILES string of the molecule is CCC[C@H](NC(=O)[C@@H]1C[C@@H](Oc2ccc(F)c(F)c2)CN1C(=O)[C@@H](NC(=O)[C@@H](NC(=O)c1cnccn1)C1CCCCC1)C(C)(C)C)C(=O)C(=O)NC1CC1. The molecule has 3 aliphatic rings. The van der Waals surface area contributed by atoms with Gasteiger partial charge in [0.2, 0.25) is 23.5 Å². The van der Waals surface area contributed by atoms with Crippen LogP contribution in [0.3, 0.4) is 0 Å². The van der Waals surface area contributed by atoms with Crippen molar-refractivity contribution in [1.29, 1.82) is 0 Å². The molecule has 0 bridgehead atoms. The molecule has 55 heavy (non-hydrogen) atoms. The van der Waals surface area contributed by atoms with E-state index < -0.39 is 82.6 Å². The summed E-state index contributed by atoms with van der Waals surface area (Å²) in [7, 11) is 0. The minimum absolute atomic E-state index is 0.0250. The van der Waals surface area contributed by atoms with Gasteiger partial charge in [-0.15, -0.1) is 0 Å². The standard InChI is InChI=1S/C39H51F2N7O7/c1-5-9-28(32(49)37(53)44-23-12-13-23)45-35(51)30-19-25(55-24-14-15-26(40)27(41)18-24)21-48(30)38(54)33(39(2,3)4)47-36(52)31(22-10-7-6-8-11-22)46-34(50)29-20-42-16-17-43-29/h14-18,20,22-23,25,28,30-31,33H,5-13,19,21H2,1-4H3,(H,44,53)(H,45,51)(H,46,50)(H,47,52)/t25-,28+,30+,31+,33-/m1/s1. The maximum absolute atomic E-state index is 14.7. The maximum Gasteiger partial charge on any atom is 0.289 e. The third-order valence-electron chi connectivity index (χ3n) is 10.3. The quantitative estimate of drug-likeness (QED) is 0.198. The van der Waals surface area contributed by atoms with Crippen molar-refractivity contribution in [2.24, 2.45) is 11.3 Å². The lowest BCUT2D eigenvalue weighted by molar-refractivity contribution is -0.145. The number of likely N-dealkylation sites (tertiary alicyclic amines) is 1. The number of nitrogens with zero attached hydrogens (tertiary/aromatic N) is 3. The number of carbonyl (C=O) groups is 6. The molecule has 2 aliphatic carbocycles. The average Bonchev–Trinajstić information content (AvgIpc) is 3.88. The van der Waals surface area contributed by atoms with Crippen LogP contribution in [0.2, 0.25) is 0 Å². The van der Waals surface area contributed by atoms with Crippen LogP contribution in [0.15, 0.2) is 36.8 Å². The third kappa shape index (κ3) is 10.8. The van der Waals surface area contributed by atoms with Gasteiger partial charge < -0.3 is 30.9 Å². The van der Waals surface area contributed by atoms with E-state index in [0.717, 1.165) is 44.2 Å². The highest BCUT2D eigenvalue weighted by molar-refractivity contribution is 6.38. The Morgan fingerprint density at radius 3 is 2.29 bits per heavy atom. The zero-order valence-corrected chi connectivity index (χ0v) is 31.7. The van der Waals surface area contributed by atoms with Gasteiger partial charge in [-0.2, -0.15) is 0 Å². The van der Waals surface area contributed by atoms with E-state index in [1.54, 1.807) is 27.7 Å². The number of nitrogens with one attached hydrogen (secondary N) is 4. The van der Waals surface area contributed by atoms with Crippen LogP contribution in [0.5, 0.6) is 5.75 Å². The van der Waals surface area contributed by atoms with Gasteiger partial charge in [0.05, 0.1) is 18.8 Å². The van der Waals surface area contributed by atoms with Crippen molar-refractivity contribution < 1.29 is 42.3 Å². The van der Waals surface area contributed by atoms with Crippen LogP contribution in [0.4, 0.5) is 8.78 Å². The van der Waals surface area contributed by atoms with E-state index in [0.29, 0.717) is 19.3 Å². The van der Waals surface area contributed by atoms with E-state index in [9.17, 15) is 37.5 Å². The van der Waals surface area contributed by atoms with Gasteiger partial charge >= 0.3 is 0 Å². The molecular weight excluding hydrogens is 716 g/mol. The summed E-state index contributed by atoms with van der Waals surface area (Å²) in [5.74, 6) is -6.58. The topological polar surface area (TPSA) is 189 Å². The molecule has 2 saturated carbocycles. The van der Waals surface area contributed by atoms with Crippen molar-refractivity contribution in [3.8, 4) is 5.75 Å². The minimum atomic E-state index is -1.23. The second kappa shape index (κ2) is 18.1. The first-order chi connectivity index (χ1) is 26.2. The molecule has 4 N–H and O–H groups in total. The molecule has 1 aliphatic heterocycles. The summed E-state index contributed by atoms with van der Waals surface area (Å²) in [5.41, 5.74) is -0.886. The fraction of sp³-hybridized carbons (Fsp3) is 0.590. The summed E-state index contributed by atoms with van der Waals surface area (Å²) >= 11 is 0. The number of aromatic nitrogens is 2. The number of hydrogen-bond acceptors (Lipinski definition) is 9. The fourth-order valence-electron chi connectivity index (χ4n) is 7.13. The van der Waals surface area contributed by atoms with E-state index in [2.05, 4.69) is 31.2 Å². The highest BCUT2D eigenvalue weighted by Crippen LogP contribution is 2.31. The van der Waals surface area contributed by atoms with Crippen molar-refractivity contribution in [1.82, 2.24) is 36.1 Å². The number of ketones is 1. The summed E-state index contributed by atoms with van der Waals surface area (Å²) in [6.07, 6.45) is 9.38. The molecule has 2 aromatic rings. The number of benzene rings is 1. The van der Waals surface area contributed by atoms with Gasteiger partial charge in [-0.05, 0) is 55.6 Å². The summed E-state index contributed by atoms with van der Waals surface area (Å²) in [6.45, 7) is 6.87. The molecule has 2 heterocycles. The van der Waals surface area contributed by atoms with E-state index in [1.807, 2.05) is 0 Å². The average molecular weight is 768 g/mol. The maximum atomic E-state index is 14.7. The van der Waals surface area contributed by atoms with E-state index >= 15 is 0 Å². The number of rotatable bonds is 15. The third-order valence-corrected chi connectivity index (χ3v) is 10.3. The van der Waals surface area contributed by atoms with Gasteiger partial charge in [0.15, 0.2) is 11.6 Å². The Bertz CT molecular complexity index is 1730. The first-order valence-electron chi connectivity index (χ1n) is 19.1. The van der Waals surface area contributed by atoms with Crippen molar-refractivity contribution in [3.05, 3.63) is 54.1 Å². The number of Topliss-reactive ketones (excluding diaryl/α,β-unsaturated/α-hetero) is 1. The first-order valence-corrected chi connectivity index (χ1v) is 19.1. The zero-order valence-electron chi connectivity index (χ0n) is 31.7. The van der Waals surface area contributed by atoms with E-state index in [4.69, 9.17) is 4.74 Å². The number of halogens is 2. The normalized spacial score (nSPS) is 20.4. The summed E-state index contributed by atoms with van der Waals surface area (Å²) in [6, 6.07) is -1.69. The van der Waals surface area contributed by atoms with Crippen LogP contribution >= 0.6 is 0 Å². The molecule has 1 saturated heterocycles. The van der Waals surface area contributed by atoms with Gasteiger partial charge in [-0.3, -0.25) is 33.8 Å². The molecule has 298 valence electrons. The van der Waals surface area contributed by atoms with Crippen LogP contribution in [0.1, 0.15) is 102 Å². The molecule has 14 nitrogen and oxygen atoms in total. The predicted molar refractivity (Wildman–Crippen MR) is 195 cm³/mol. The smallest absolute Gasteiger partial charge is 0.289 e. The highest BCUT2D eigenvalue weighted by Gasteiger charge is 2.47. The lowest BCUT2D eigenvalue weighted by Gasteiger charge is -2.37. The molecule has 0 radical (unpaired) electrons. The molecule has 3 fully saturated rings. The second-order valence-corrected chi connectivity index (χ2v) is 15.8. The van der Waals surface area contributed by atoms with Gasteiger partial charge in [0, 0.05) is 30.9 Å². The van der Waals surface area contributed by atoms with Crippen molar-refractivity contribution in [3.63, 3.8) is 0 Å². The Labute approximate surface area is 319 Å².